The number of aliphatic hydroxyl groups excluding tert-OH is 9. The van der Waals surface area contributed by atoms with Gasteiger partial charge in [0.1, 0.15) is 54.6 Å². The molecular formula is C42H66O15. The van der Waals surface area contributed by atoms with Gasteiger partial charge in [-0.15, -0.1) is 0 Å². The number of carbonyl (C=O) groups is 2. The molecule has 57 heavy (non-hydrogen) atoms. The number of aliphatic hydroxyl groups is 9. The van der Waals surface area contributed by atoms with Crippen molar-refractivity contribution in [2.45, 2.75) is 173 Å². The Hall–Kier alpha value is -1.60. The Morgan fingerprint density at radius 3 is 2.00 bits per heavy atom. The number of esters is 1. The summed E-state index contributed by atoms with van der Waals surface area (Å²) in [4.78, 5) is 29.6. The second-order valence-electron chi connectivity index (χ2n) is 20.6. The number of fused-ring (bicyclic) bond motifs is 7. The predicted molar refractivity (Wildman–Crippen MR) is 199 cm³/mol. The summed E-state index contributed by atoms with van der Waals surface area (Å²) in [6.07, 6.45) is -11.6. The van der Waals surface area contributed by atoms with Crippen molar-refractivity contribution in [2.75, 3.05) is 13.2 Å². The fourth-order valence-electron chi connectivity index (χ4n) is 13.3. The van der Waals surface area contributed by atoms with E-state index in [1.165, 1.54) is 0 Å². The molecule has 9 N–H and O–H groups in total. The van der Waals surface area contributed by atoms with Gasteiger partial charge in [0, 0.05) is 5.41 Å². The maximum Gasteiger partial charge on any atom is 0.315 e. The molecule has 2 aliphatic heterocycles. The van der Waals surface area contributed by atoms with Gasteiger partial charge in [-0.2, -0.15) is 0 Å². The standard InChI is InChI=1S/C42H66O15/c1-37(2)12-14-42(36(53)57-35-31(50)29(48)27(46)22(56-35)18-54-34-30(49)28(47)26(45)21(17-43)55-34)15-13-40(6)19(25(42)33(37)52)8-9-24-39(5)16-20(44)32(51)38(3,4)23(39)10-11-41(24,40)7/h8,20-32,34-35,43-51H,9-18H2,1-7H3/t20-,21-,22-,23?,24-,25?,26-,27-,28+,29+,30-,31-,32-,34-,35+,39+,40-,41-,42?/m1/s1. The Kier molecular flexibility index (Phi) is 11.1. The minimum atomic E-state index is -1.87. The largest absolute Gasteiger partial charge is 0.432 e. The molecule has 3 unspecified atom stereocenters. The van der Waals surface area contributed by atoms with E-state index >= 15 is 0 Å². The Labute approximate surface area is 334 Å². The third kappa shape index (κ3) is 6.27. The summed E-state index contributed by atoms with van der Waals surface area (Å²) in [6, 6.07) is 0. The Morgan fingerprint density at radius 1 is 0.754 bits per heavy atom. The van der Waals surface area contributed by atoms with E-state index in [9.17, 15) is 55.5 Å². The van der Waals surface area contributed by atoms with Crippen molar-refractivity contribution in [3.63, 3.8) is 0 Å². The Balaban J connectivity index is 1.16. The van der Waals surface area contributed by atoms with Gasteiger partial charge in [-0.05, 0) is 84.9 Å². The van der Waals surface area contributed by atoms with Crippen molar-refractivity contribution in [1.82, 2.24) is 0 Å². The first kappa shape index (κ1) is 43.5. The lowest BCUT2D eigenvalue weighted by molar-refractivity contribution is -0.328. The predicted octanol–water partition coefficient (Wildman–Crippen LogP) is 0.466. The summed E-state index contributed by atoms with van der Waals surface area (Å²) >= 11 is 0. The third-order valence-electron chi connectivity index (χ3n) is 17.1. The van der Waals surface area contributed by atoms with Gasteiger partial charge in [-0.25, -0.2) is 0 Å². The van der Waals surface area contributed by atoms with Crippen LogP contribution in [0.5, 0.6) is 0 Å². The van der Waals surface area contributed by atoms with Gasteiger partial charge in [-0.3, -0.25) is 9.59 Å². The molecule has 4 saturated carbocycles. The monoisotopic (exact) mass is 810 g/mol. The molecule has 0 spiro atoms. The minimum absolute atomic E-state index is 0.0615. The summed E-state index contributed by atoms with van der Waals surface area (Å²) in [5.74, 6) is -1.32. The normalized spacial score (nSPS) is 53.0. The van der Waals surface area contributed by atoms with Gasteiger partial charge in [0.05, 0.1) is 36.8 Å². The molecule has 0 bridgehead atoms. The van der Waals surface area contributed by atoms with Crippen molar-refractivity contribution >= 4 is 11.8 Å². The number of hydrogen-bond acceptors (Lipinski definition) is 15. The zero-order valence-corrected chi connectivity index (χ0v) is 34.3. The van der Waals surface area contributed by atoms with E-state index in [2.05, 4.69) is 40.7 Å². The quantitative estimate of drug-likeness (QED) is 0.131. The highest BCUT2D eigenvalue weighted by Crippen LogP contribution is 2.75. The maximum absolute atomic E-state index is 14.8. The van der Waals surface area contributed by atoms with E-state index in [-0.39, 0.29) is 28.4 Å². The van der Waals surface area contributed by atoms with Crippen molar-refractivity contribution < 1.29 is 74.5 Å². The van der Waals surface area contributed by atoms with E-state index in [1.807, 2.05) is 13.8 Å². The van der Waals surface area contributed by atoms with E-state index < -0.39 is 120 Å². The second-order valence-corrected chi connectivity index (χ2v) is 20.6. The van der Waals surface area contributed by atoms with E-state index in [4.69, 9.17) is 18.9 Å². The smallest absolute Gasteiger partial charge is 0.315 e. The van der Waals surface area contributed by atoms with Crippen LogP contribution in [0.3, 0.4) is 0 Å². The fraction of sp³-hybridized carbons (Fsp3) is 0.905. The van der Waals surface area contributed by atoms with Crippen molar-refractivity contribution in [3.8, 4) is 0 Å². The number of ether oxygens (including phenoxy) is 4. The van der Waals surface area contributed by atoms with Crippen LogP contribution in [0.1, 0.15) is 99.8 Å². The van der Waals surface area contributed by atoms with Gasteiger partial charge >= 0.3 is 5.97 Å². The highest BCUT2D eigenvalue weighted by molar-refractivity contribution is 5.96. The second kappa shape index (κ2) is 14.5. The SMILES string of the molecule is CC1(C)CCC2(C(=O)O[C@@H]3O[C@H](CO[C@@H]4O[C@H](CO)[C@@H](O)[C@H](O)[C@H]4O)[C@@H](O)[C@H](O)[C@H]3O)CC[C@]3(C)C(=CC[C@@H]4[C@@]5(C)C[C@@H](O)[C@@H](O)C(C)(C)C5CC[C@]43C)C2C1=O. The lowest BCUT2D eigenvalue weighted by Crippen LogP contribution is -2.68. The first-order valence-corrected chi connectivity index (χ1v) is 20.9. The molecule has 0 aromatic carbocycles. The van der Waals surface area contributed by atoms with Crippen molar-refractivity contribution in [3.05, 3.63) is 11.6 Å². The highest BCUT2D eigenvalue weighted by atomic mass is 16.7. The van der Waals surface area contributed by atoms with E-state index in [1.54, 1.807) is 0 Å². The summed E-state index contributed by atoms with van der Waals surface area (Å²) in [5.41, 5.74) is -2.68. The zero-order chi connectivity index (χ0) is 42.0. The molecule has 7 rings (SSSR count). The molecule has 6 fully saturated rings. The summed E-state index contributed by atoms with van der Waals surface area (Å²) in [7, 11) is 0. The molecule has 7 aliphatic rings. The molecule has 19 atom stereocenters. The molecule has 2 saturated heterocycles. The first-order chi connectivity index (χ1) is 26.4. The van der Waals surface area contributed by atoms with Crippen molar-refractivity contribution in [1.29, 1.82) is 0 Å². The lowest BCUT2D eigenvalue weighted by Gasteiger charge is -2.71. The summed E-state index contributed by atoms with van der Waals surface area (Å²) in [5, 5.41) is 95.3. The number of carbonyl (C=O) groups excluding carboxylic acids is 2. The highest BCUT2D eigenvalue weighted by Gasteiger charge is 2.72. The van der Waals surface area contributed by atoms with Crippen LogP contribution in [0.25, 0.3) is 0 Å². The number of Topliss-reactive ketones (excluding diaryl/α,β-unsaturated/α-hetero) is 1. The molecule has 15 heteroatoms. The molecule has 15 nitrogen and oxygen atoms in total. The van der Waals surface area contributed by atoms with Crippen LogP contribution in [-0.4, -0.2) is 145 Å². The average Bonchev–Trinajstić information content (AvgIpc) is 3.15. The molecular weight excluding hydrogens is 744 g/mol. The van der Waals surface area contributed by atoms with E-state index in [0.29, 0.717) is 38.5 Å². The summed E-state index contributed by atoms with van der Waals surface area (Å²) in [6.45, 7) is 13.4. The van der Waals surface area contributed by atoms with Crippen LogP contribution in [0.15, 0.2) is 11.6 Å². The number of hydrogen-bond donors (Lipinski definition) is 9. The number of allylic oxidation sites excluding steroid dienone is 2. The lowest BCUT2D eigenvalue weighted by atomic mass is 9.33. The topological polar surface area (TPSA) is 253 Å². The van der Waals surface area contributed by atoms with Gasteiger partial charge in [0.2, 0.25) is 6.29 Å². The fourth-order valence-corrected chi connectivity index (χ4v) is 13.3. The molecule has 0 aromatic rings. The Bertz CT molecular complexity index is 1600. The molecule has 5 aliphatic carbocycles. The molecule has 324 valence electrons. The van der Waals surface area contributed by atoms with Crippen molar-refractivity contribution in [2.24, 2.45) is 50.2 Å². The van der Waals surface area contributed by atoms with Gasteiger partial charge < -0.3 is 64.9 Å². The number of rotatable bonds is 6. The first-order valence-electron chi connectivity index (χ1n) is 20.9. The molecule has 2 heterocycles. The van der Waals surface area contributed by atoms with E-state index in [0.717, 1.165) is 18.4 Å². The summed E-state index contributed by atoms with van der Waals surface area (Å²) < 4.78 is 22.8. The molecule has 0 aromatic heterocycles. The van der Waals surface area contributed by atoms with Crippen LogP contribution in [-0.2, 0) is 28.5 Å². The van der Waals surface area contributed by atoms with Crippen LogP contribution in [0.4, 0.5) is 0 Å². The van der Waals surface area contributed by atoms with Crippen LogP contribution >= 0.6 is 0 Å². The average molecular weight is 811 g/mol. The molecule has 0 radical (unpaired) electrons. The number of ketones is 1. The van der Waals surface area contributed by atoms with Crippen LogP contribution in [0, 0.1) is 50.2 Å². The third-order valence-corrected chi connectivity index (χ3v) is 17.1. The van der Waals surface area contributed by atoms with Gasteiger partial charge in [-0.1, -0.05) is 60.1 Å². The van der Waals surface area contributed by atoms with Gasteiger partial charge in [0.15, 0.2) is 6.29 Å². The molecule has 0 amide bonds. The zero-order valence-electron chi connectivity index (χ0n) is 34.3. The minimum Gasteiger partial charge on any atom is -0.432 e. The maximum atomic E-state index is 14.8. The van der Waals surface area contributed by atoms with Crippen LogP contribution < -0.4 is 0 Å². The van der Waals surface area contributed by atoms with Gasteiger partial charge in [0.25, 0.3) is 0 Å². The van der Waals surface area contributed by atoms with Crippen LogP contribution in [0.2, 0.25) is 0 Å². The Morgan fingerprint density at radius 2 is 1.35 bits per heavy atom.